The molecule has 2 aromatic heterocycles. The molecule has 0 aromatic carbocycles. The fourth-order valence-corrected chi connectivity index (χ4v) is 4.50. The van der Waals surface area contributed by atoms with Crippen LogP contribution in [0, 0.1) is 0 Å². The number of nitrogens with one attached hydrogen (secondary N) is 1. The van der Waals surface area contributed by atoms with E-state index in [1.54, 1.807) is 29.1 Å². The van der Waals surface area contributed by atoms with Gasteiger partial charge >= 0.3 is 5.97 Å². The van der Waals surface area contributed by atoms with Crippen LogP contribution in [0.1, 0.15) is 44.9 Å². The minimum absolute atomic E-state index is 0.0660. The van der Waals surface area contributed by atoms with Gasteiger partial charge in [0, 0.05) is 24.8 Å². The van der Waals surface area contributed by atoms with E-state index in [1.807, 2.05) is 13.8 Å². The third-order valence-electron chi connectivity index (χ3n) is 4.50. The van der Waals surface area contributed by atoms with Crippen LogP contribution in [-0.4, -0.2) is 50.4 Å². The molecule has 29 heavy (non-hydrogen) atoms. The number of carbonyl (C=O) groups is 3. The van der Waals surface area contributed by atoms with Crippen molar-refractivity contribution in [2.45, 2.75) is 51.3 Å². The number of aromatic nitrogens is 2. The molecule has 1 saturated heterocycles. The maximum absolute atomic E-state index is 12.7. The number of anilines is 1. The molecule has 1 aliphatic heterocycles. The van der Waals surface area contributed by atoms with Gasteiger partial charge in [-0.2, -0.15) is 5.10 Å². The predicted octanol–water partition coefficient (Wildman–Crippen LogP) is 2.59. The van der Waals surface area contributed by atoms with Gasteiger partial charge in [-0.1, -0.05) is 0 Å². The van der Waals surface area contributed by atoms with Crippen LogP contribution in [0.3, 0.4) is 0 Å². The molecule has 3 atom stereocenters. The zero-order valence-electron chi connectivity index (χ0n) is 16.7. The highest BCUT2D eigenvalue weighted by Crippen LogP contribution is 2.41. The summed E-state index contributed by atoms with van der Waals surface area (Å²) >= 11 is 1.42. The first-order valence-corrected chi connectivity index (χ1v) is 10.3. The molecule has 0 aliphatic carbocycles. The van der Waals surface area contributed by atoms with Gasteiger partial charge in [0.1, 0.15) is 23.0 Å². The van der Waals surface area contributed by atoms with Crippen molar-refractivity contribution in [2.24, 2.45) is 0 Å². The molecule has 156 valence electrons. The molecule has 2 amide bonds. The van der Waals surface area contributed by atoms with E-state index >= 15 is 0 Å². The molecule has 1 aliphatic rings. The summed E-state index contributed by atoms with van der Waals surface area (Å²) in [5, 5.41) is 6.47. The molecule has 3 heterocycles. The van der Waals surface area contributed by atoms with Crippen LogP contribution < -0.4 is 5.32 Å². The highest BCUT2D eigenvalue weighted by molar-refractivity contribution is 7.99. The van der Waals surface area contributed by atoms with Crippen molar-refractivity contribution < 1.29 is 23.5 Å². The van der Waals surface area contributed by atoms with E-state index < -0.39 is 29.4 Å². The summed E-state index contributed by atoms with van der Waals surface area (Å²) in [7, 11) is 0. The van der Waals surface area contributed by atoms with Gasteiger partial charge in [-0.3, -0.25) is 9.59 Å². The van der Waals surface area contributed by atoms with Crippen molar-refractivity contribution in [2.75, 3.05) is 11.1 Å². The molecule has 0 unspecified atom stereocenters. The lowest BCUT2D eigenvalue weighted by Crippen LogP contribution is -2.44. The van der Waals surface area contributed by atoms with Gasteiger partial charge in [0.15, 0.2) is 6.10 Å². The van der Waals surface area contributed by atoms with Crippen LogP contribution in [0.4, 0.5) is 5.82 Å². The van der Waals surface area contributed by atoms with Crippen LogP contribution in [0.2, 0.25) is 0 Å². The quantitative estimate of drug-likeness (QED) is 0.716. The number of ether oxygens (including phenoxy) is 1. The van der Waals surface area contributed by atoms with Gasteiger partial charge < -0.3 is 19.4 Å². The maximum Gasteiger partial charge on any atom is 0.330 e. The Morgan fingerprint density at radius 2 is 2.07 bits per heavy atom. The summed E-state index contributed by atoms with van der Waals surface area (Å²) in [6, 6.07) is 4.44. The smallest absolute Gasteiger partial charge is 0.330 e. The maximum atomic E-state index is 12.7. The zero-order valence-corrected chi connectivity index (χ0v) is 17.5. The highest BCUT2D eigenvalue weighted by atomic mass is 32.2. The number of amides is 2. The summed E-state index contributed by atoms with van der Waals surface area (Å²) in [5.41, 5.74) is 0. The highest BCUT2D eigenvalue weighted by Gasteiger charge is 2.43. The Balaban J connectivity index is 1.65. The Hall–Kier alpha value is -2.75. The fraction of sp³-hybridized carbons (Fsp3) is 0.474. The lowest BCUT2D eigenvalue weighted by atomic mass is 10.2. The standard InChI is InChI=1S/C19H24N4O5S/c1-11(2)23-16(7-8-20-23)21-17(25)12(3)28-19(26)14-10-29-18(22(14)13(4)24)15-6-5-9-27-15/h5-9,11-12,14,18H,10H2,1-4H3,(H,21,25)/t12-,14-,18+/m0/s1. The van der Waals surface area contributed by atoms with Crippen molar-refractivity contribution in [3.05, 3.63) is 36.4 Å². The normalized spacial score (nSPS) is 20.0. The number of nitrogens with zero attached hydrogens (tertiary/aromatic N) is 3. The van der Waals surface area contributed by atoms with Crippen molar-refractivity contribution in [1.82, 2.24) is 14.7 Å². The van der Waals surface area contributed by atoms with Crippen LogP contribution in [-0.2, 0) is 19.1 Å². The minimum atomic E-state index is -1.03. The Bertz CT molecular complexity index is 879. The number of rotatable bonds is 6. The first-order valence-electron chi connectivity index (χ1n) is 9.28. The first-order chi connectivity index (χ1) is 13.8. The molecule has 10 heteroatoms. The Morgan fingerprint density at radius 3 is 2.69 bits per heavy atom. The Morgan fingerprint density at radius 1 is 1.31 bits per heavy atom. The van der Waals surface area contributed by atoms with E-state index in [2.05, 4.69) is 10.4 Å². The molecule has 0 radical (unpaired) electrons. The second-order valence-corrected chi connectivity index (χ2v) is 8.08. The van der Waals surface area contributed by atoms with E-state index in [0.717, 1.165) is 0 Å². The van der Waals surface area contributed by atoms with Crippen molar-refractivity contribution in [3.8, 4) is 0 Å². The van der Waals surface area contributed by atoms with Gasteiger partial charge in [0.05, 0.1) is 12.5 Å². The van der Waals surface area contributed by atoms with E-state index in [0.29, 0.717) is 17.3 Å². The largest absolute Gasteiger partial charge is 0.466 e. The summed E-state index contributed by atoms with van der Waals surface area (Å²) in [6.45, 7) is 6.77. The zero-order chi connectivity index (χ0) is 21.1. The van der Waals surface area contributed by atoms with E-state index in [-0.39, 0.29) is 11.9 Å². The second-order valence-electron chi connectivity index (χ2n) is 6.97. The van der Waals surface area contributed by atoms with Crippen molar-refractivity contribution in [1.29, 1.82) is 0 Å². The molecular formula is C19H24N4O5S. The van der Waals surface area contributed by atoms with E-state index in [9.17, 15) is 14.4 Å². The monoisotopic (exact) mass is 420 g/mol. The Kier molecular flexibility index (Phi) is 6.31. The second kappa shape index (κ2) is 8.73. The van der Waals surface area contributed by atoms with Gasteiger partial charge in [0.25, 0.3) is 5.91 Å². The third-order valence-corrected chi connectivity index (χ3v) is 5.78. The number of thioether (sulfide) groups is 1. The SMILES string of the molecule is CC(=O)N1[C@@H](c2ccco2)SC[C@H]1C(=O)O[C@@H](C)C(=O)Nc1ccnn1C(C)C. The van der Waals surface area contributed by atoms with Gasteiger partial charge in [0.2, 0.25) is 5.91 Å². The molecule has 1 fully saturated rings. The molecule has 1 N–H and O–H groups in total. The van der Waals surface area contributed by atoms with Gasteiger partial charge in [-0.25, -0.2) is 9.48 Å². The summed E-state index contributed by atoms with van der Waals surface area (Å²) < 4.78 is 12.4. The molecule has 9 nitrogen and oxygen atoms in total. The number of esters is 1. The van der Waals surface area contributed by atoms with Crippen LogP contribution in [0.5, 0.6) is 0 Å². The molecule has 0 bridgehead atoms. The van der Waals surface area contributed by atoms with Crippen LogP contribution >= 0.6 is 11.8 Å². The Labute approximate surface area is 172 Å². The number of hydrogen-bond donors (Lipinski definition) is 1. The number of furan rings is 1. The fourth-order valence-electron chi connectivity index (χ4n) is 3.08. The third kappa shape index (κ3) is 4.47. The van der Waals surface area contributed by atoms with Crippen LogP contribution in [0.25, 0.3) is 0 Å². The number of hydrogen-bond acceptors (Lipinski definition) is 7. The van der Waals surface area contributed by atoms with Crippen molar-refractivity contribution >= 4 is 35.4 Å². The summed E-state index contributed by atoms with van der Waals surface area (Å²) in [4.78, 5) is 38.8. The van der Waals surface area contributed by atoms with Gasteiger partial charge in [-0.05, 0) is 32.9 Å². The average molecular weight is 420 g/mol. The molecule has 0 spiro atoms. The average Bonchev–Trinajstić information content (AvgIpc) is 3.40. The molecular weight excluding hydrogens is 396 g/mol. The van der Waals surface area contributed by atoms with Gasteiger partial charge in [-0.15, -0.1) is 11.8 Å². The minimum Gasteiger partial charge on any atom is -0.466 e. The van der Waals surface area contributed by atoms with E-state index in [1.165, 1.54) is 36.8 Å². The predicted molar refractivity (Wildman–Crippen MR) is 107 cm³/mol. The van der Waals surface area contributed by atoms with E-state index in [4.69, 9.17) is 9.15 Å². The molecule has 2 aromatic rings. The summed E-state index contributed by atoms with van der Waals surface area (Å²) in [5.74, 6) is 0.111. The molecule has 3 rings (SSSR count). The number of carbonyl (C=O) groups excluding carboxylic acids is 3. The first kappa shape index (κ1) is 21.0. The van der Waals surface area contributed by atoms with Crippen LogP contribution in [0.15, 0.2) is 35.1 Å². The summed E-state index contributed by atoms with van der Waals surface area (Å²) in [6.07, 6.45) is 2.08. The molecule has 0 saturated carbocycles. The topological polar surface area (TPSA) is 107 Å². The lowest BCUT2D eigenvalue weighted by Gasteiger charge is -2.26. The van der Waals surface area contributed by atoms with Crippen molar-refractivity contribution in [3.63, 3.8) is 0 Å². The lowest BCUT2D eigenvalue weighted by molar-refractivity contribution is -0.160.